The number of carboxylic acid groups (broad SMARTS) is 1. The molecule has 15 heavy (non-hydrogen) atoms. The van der Waals surface area contributed by atoms with Crippen molar-refractivity contribution < 1.29 is 14.6 Å². The second-order valence-electron chi connectivity index (χ2n) is 3.20. The molecule has 0 saturated heterocycles. The van der Waals surface area contributed by atoms with Crippen molar-refractivity contribution in [3.8, 4) is 0 Å². The fraction of sp³-hybridized carbons (Fsp3) is 0.182. The summed E-state index contributed by atoms with van der Waals surface area (Å²) < 4.78 is 6.02. The number of aromatic carboxylic acids is 1. The fourth-order valence-corrected chi connectivity index (χ4v) is 2.51. The van der Waals surface area contributed by atoms with Crippen LogP contribution < -0.4 is 0 Å². The molecule has 0 spiro atoms. The third kappa shape index (κ3) is 2.00. The average molecular weight is 222 g/mol. The highest BCUT2D eigenvalue weighted by atomic mass is 32.1. The maximum atomic E-state index is 10.8. The first-order chi connectivity index (χ1) is 7.20. The highest BCUT2D eigenvalue weighted by Gasteiger charge is 2.06. The van der Waals surface area contributed by atoms with Crippen LogP contribution in [0.4, 0.5) is 0 Å². The number of fused-ring (bicyclic) bond motifs is 1. The van der Waals surface area contributed by atoms with Crippen molar-refractivity contribution in [2.45, 2.75) is 6.61 Å². The summed E-state index contributed by atoms with van der Waals surface area (Å²) in [5.41, 5.74) is 0.327. The van der Waals surface area contributed by atoms with Crippen molar-refractivity contribution in [1.82, 2.24) is 0 Å². The van der Waals surface area contributed by atoms with E-state index in [2.05, 4.69) is 0 Å². The molecule has 1 heterocycles. The molecule has 78 valence electrons. The lowest BCUT2D eigenvalue weighted by atomic mass is 10.2. The van der Waals surface area contributed by atoms with Crippen LogP contribution in [0.5, 0.6) is 0 Å². The Balaban J connectivity index is 2.47. The molecule has 0 radical (unpaired) electrons. The molecule has 0 amide bonds. The lowest BCUT2D eigenvalue weighted by Crippen LogP contribution is -1.94. The first-order valence-electron chi connectivity index (χ1n) is 4.45. The maximum Gasteiger partial charge on any atom is 0.335 e. The largest absolute Gasteiger partial charge is 0.478 e. The molecule has 1 aromatic carbocycles. The molecule has 2 aromatic rings. The number of rotatable bonds is 3. The molecule has 0 aliphatic heterocycles. The summed E-state index contributed by atoms with van der Waals surface area (Å²) in [5.74, 6) is -0.890. The zero-order chi connectivity index (χ0) is 10.8. The lowest BCUT2D eigenvalue weighted by molar-refractivity contribution is 0.0697. The quantitative estimate of drug-likeness (QED) is 0.868. The van der Waals surface area contributed by atoms with Crippen molar-refractivity contribution in [1.29, 1.82) is 0 Å². The van der Waals surface area contributed by atoms with Gasteiger partial charge >= 0.3 is 5.97 Å². The van der Waals surface area contributed by atoms with E-state index in [0.29, 0.717) is 12.2 Å². The zero-order valence-electron chi connectivity index (χ0n) is 8.19. The minimum atomic E-state index is -0.890. The Kier molecular flexibility index (Phi) is 2.70. The molecule has 1 N–H and O–H groups in total. The molecule has 0 unspecified atom stereocenters. The van der Waals surface area contributed by atoms with Gasteiger partial charge in [0.2, 0.25) is 0 Å². The van der Waals surface area contributed by atoms with Gasteiger partial charge in [0.1, 0.15) is 0 Å². The van der Waals surface area contributed by atoms with Crippen LogP contribution in [0.2, 0.25) is 0 Å². The van der Waals surface area contributed by atoms with E-state index in [1.807, 2.05) is 12.1 Å². The van der Waals surface area contributed by atoms with E-state index in [-0.39, 0.29) is 0 Å². The summed E-state index contributed by atoms with van der Waals surface area (Å²) in [7, 11) is 1.65. The van der Waals surface area contributed by atoms with Gasteiger partial charge in [0, 0.05) is 16.7 Å². The molecule has 0 atom stereocenters. The maximum absolute atomic E-state index is 10.8. The fourth-order valence-electron chi connectivity index (χ4n) is 1.43. The van der Waals surface area contributed by atoms with Crippen LogP contribution in [-0.2, 0) is 11.3 Å². The smallest absolute Gasteiger partial charge is 0.335 e. The van der Waals surface area contributed by atoms with Gasteiger partial charge in [0.05, 0.1) is 12.2 Å². The molecule has 0 aliphatic carbocycles. The van der Waals surface area contributed by atoms with E-state index in [4.69, 9.17) is 9.84 Å². The summed E-state index contributed by atoms with van der Waals surface area (Å²) in [6.07, 6.45) is 0. The molecule has 0 saturated carbocycles. The molecular formula is C11H10O3S. The van der Waals surface area contributed by atoms with Crippen molar-refractivity contribution in [3.05, 3.63) is 34.7 Å². The van der Waals surface area contributed by atoms with Crippen LogP contribution in [0, 0.1) is 0 Å². The molecule has 0 bridgehead atoms. The second-order valence-corrected chi connectivity index (χ2v) is 4.37. The summed E-state index contributed by atoms with van der Waals surface area (Å²) in [4.78, 5) is 11.9. The number of benzene rings is 1. The van der Waals surface area contributed by atoms with E-state index in [0.717, 1.165) is 15.0 Å². The van der Waals surface area contributed by atoms with Crippen molar-refractivity contribution >= 4 is 27.4 Å². The number of carbonyl (C=O) groups is 1. The van der Waals surface area contributed by atoms with Crippen LogP contribution in [-0.4, -0.2) is 18.2 Å². The Morgan fingerprint density at radius 1 is 1.47 bits per heavy atom. The second kappa shape index (κ2) is 4.00. The van der Waals surface area contributed by atoms with E-state index in [1.165, 1.54) is 0 Å². The minimum absolute atomic E-state index is 0.327. The standard InChI is InChI=1S/C11H10O3S/c1-14-6-9-4-7-2-3-8(11(12)13)5-10(7)15-9/h2-5H,6H2,1H3,(H,12,13). The molecule has 2 rings (SSSR count). The van der Waals surface area contributed by atoms with Crippen LogP contribution >= 0.6 is 11.3 Å². The minimum Gasteiger partial charge on any atom is -0.478 e. The van der Waals surface area contributed by atoms with Gasteiger partial charge in [0.25, 0.3) is 0 Å². The van der Waals surface area contributed by atoms with Crippen LogP contribution in [0.25, 0.3) is 10.1 Å². The van der Waals surface area contributed by atoms with Gasteiger partial charge in [-0.05, 0) is 23.6 Å². The summed E-state index contributed by atoms with van der Waals surface area (Å²) in [6.45, 7) is 0.571. The highest BCUT2D eigenvalue weighted by molar-refractivity contribution is 7.19. The Morgan fingerprint density at radius 3 is 2.93 bits per heavy atom. The molecule has 0 aliphatic rings. The zero-order valence-corrected chi connectivity index (χ0v) is 9.00. The molecule has 4 heteroatoms. The van der Waals surface area contributed by atoms with Gasteiger partial charge in [-0.25, -0.2) is 4.79 Å². The van der Waals surface area contributed by atoms with Crippen LogP contribution in [0.15, 0.2) is 24.3 Å². The van der Waals surface area contributed by atoms with Gasteiger partial charge in [0.15, 0.2) is 0 Å². The van der Waals surface area contributed by atoms with E-state index >= 15 is 0 Å². The molecule has 0 fully saturated rings. The van der Waals surface area contributed by atoms with Crippen molar-refractivity contribution in [2.75, 3.05) is 7.11 Å². The highest BCUT2D eigenvalue weighted by Crippen LogP contribution is 2.27. The first-order valence-corrected chi connectivity index (χ1v) is 5.27. The Bertz CT molecular complexity index is 502. The third-order valence-electron chi connectivity index (χ3n) is 2.10. The number of thiophene rings is 1. The predicted molar refractivity (Wildman–Crippen MR) is 59.5 cm³/mol. The van der Waals surface area contributed by atoms with Crippen LogP contribution in [0.1, 0.15) is 15.2 Å². The predicted octanol–water partition coefficient (Wildman–Crippen LogP) is 2.75. The van der Waals surface area contributed by atoms with E-state index in [9.17, 15) is 4.79 Å². The number of methoxy groups -OCH3 is 1. The number of carboxylic acids is 1. The number of hydrogen-bond donors (Lipinski definition) is 1. The molecular weight excluding hydrogens is 212 g/mol. The topological polar surface area (TPSA) is 46.5 Å². The summed E-state index contributed by atoms with van der Waals surface area (Å²) in [5, 5.41) is 9.90. The van der Waals surface area contributed by atoms with Gasteiger partial charge in [-0.3, -0.25) is 0 Å². The first kappa shape index (κ1) is 10.1. The summed E-state index contributed by atoms with van der Waals surface area (Å²) in [6, 6.07) is 7.17. The van der Waals surface area contributed by atoms with Gasteiger partial charge < -0.3 is 9.84 Å². The van der Waals surface area contributed by atoms with Gasteiger partial charge in [-0.15, -0.1) is 11.3 Å². The molecule has 1 aromatic heterocycles. The average Bonchev–Trinajstić information content (AvgIpc) is 2.59. The Labute approximate surface area is 90.9 Å². The SMILES string of the molecule is COCc1cc2ccc(C(=O)O)cc2s1. The van der Waals surface area contributed by atoms with E-state index < -0.39 is 5.97 Å². The molecule has 3 nitrogen and oxygen atoms in total. The van der Waals surface area contributed by atoms with Gasteiger partial charge in [-0.1, -0.05) is 6.07 Å². The van der Waals surface area contributed by atoms with Crippen LogP contribution in [0.3, 0.4) is 0 Å². The van der Waals surface area contributed by atoms with Gasteiger partial charge in [-0.2, -0.15) is 0 Å². The van der Waals surface area contributed by atoms with Crippen molar-refractivity contribution in [3.63, 3.8) is 0 Å². The van der Waals surface area contributed by atoms with Crippen molar-refractivity contribution in [2.24, 2.45) is 0 Å². The monoisotopic (exact) mass is 222 g/mol. The summed E-state index contributed by atoms with van der Waals surface area (Å²) >= 11 is 1.57. The Hall–Kier alpha value is -1.39. The number of hydrogen-bond acceptors (Lipinski definition) is 3. The van der Waals surface area contributed by atoms with E-state index in [1.54, 1.807) is 30.6 Å². The lowest BCUT2D eigenvalue weighted by Gasteiger charge is -1.92. The number of ether oxygens (including phenoxy) is 1. The Morgan fingerprint density at radius 2 is 2.27 bits per heavy atom. The normalized spacial score (nSPS) is 10.7. The third-order valence-corrected chi connectivity index (χ3v) is 3.18.